The summed E-state index contributed by atoms with van der Waals surface area (Å²) in [5.41, 5.74) is 15.8. The third-order valence-electron chi connectivity index (χ3n) is 4.45. The summed E-state index contributed by atoms with van der Waals surface area (Å²) in [6, 6.07) is 26.2. The number of nitrogens with two attached hydrogens (primary N) is 2. The van der Waals surface area contributed by atoms with Crippen LogP contribution in [0, 0.1) is 0 Å². The highest BCUT2D eigenvalue weighted by atomic mass is 16.1. The maximum Gasteiger partial charge on any atom is 0.273 e. The number of nitrogens with one attached hydrogen (secondary N) is 3. The molecule has 7 N–H and O–H groups in total. The number of para-hydroxylation sites is 1. The van der Waals surface area contributed by atoms with Crippen molar-refractivity contribution in [3.05, 3.63) is 90.6 Å². The molecule has 0 unspecified atom stereocenters. The molecule has 1 amide bonds. The lowest BCUT2D eigenvalue weighted by Gasteiger charge is -2.08. The van der Waals surface area contributed by atoms with Crippen molar-refractivity contribution in [1.82, 2.24) is 10.2 Å². The first-order valence-corrected chi connectivity index (χ1v) is 9.56. The smallest absolute Gasteiger partial charge is 0.273 e. The lowest BCUT2D eigenvalue weighted by molar-refractivity contribution is 0.102. The van der Waals surface area contributed by atoms with Crippen LogP contribution < -0.4 is 22.1 Å². The average molecular weight is 411 g/mol. The summed E-state index contributed by atoms with van der Waals surface area (Å²) in [6.07, 6.45) is 0. The van der Waals surface area contributed by atoms with Gasteiger partial charge >= 0.3 is 0 Å². The molecular weight excluding hydrogens is 390 g/mol. The lowest BCUT2D eigenvalue weighted by atomic mass is 10.1. The van der Waals surface area contributed by atoms with Gasteiger partial charge in [0.25, 0.3) is 5.91 Å². The second-order valence-electron chi connectivity index (χ2n) is 6.77. The lowest BCUT2D eigenvalue weighted by Crippen LogP contribution is -2.21. The molecule has 0 atom stereocenters. The average Bonchev–Trinajstić information content (AvgIpc) is 3.26. The van der Waals surface area contributed by atoms with E-state index in [1.807, 2.05) is 66.7 Å². The van der Waals surface area contributed by atoms with Crippen LogP contribution in [0.1, 0.15) is 10.5 Å². The fourth-order valence-corrected chi connectivity index (χ4v) is 2.97. The molecule has 0 aliphatic rings. The van der Waals surface area contributed by atoms with Crippen molar-refractivity contribution >= 4 is 34.6 Å². The van der Waals surface area contributed by atoms with E-state index in [-0.39, 0.29) is 11.9 Å². The van der Waals surface area contributed by atoms with Crippen LogP contribution >= 0.6 is 0 Å². The van der Waals surface area contributed by atoms with E-state index < -0.39 is 0 Å². The second-order valence-corrected chi connectivity index (χ2v) is 6.77. The molecule has 0 saturated carbocycles. The SMILES string of the molecule is NC(N)=Nc1ccc(-c2cc(C(=O)Nc3ccc(Nc4ccccc4)cc3)[nH]n2)cc1. The number of hydrogen-bond acceptors (Lipinski definition) is 4. The molecule has 8 nitrogen and oxygen atoms in total. The van der Waals surface area contributed by atoms with Crippen molar-refractivity contribution in [3.63, 3.8) is 0 Å². The van der Waals surface area contributed by atoms with E-state index in [0.717, 1.165) is 16.9 Å². The Morgan fingerprint density at radius 2 is 1.48 bits per heavy atom. The molecule has 154 valence electrons. The molecule has 31 heavy (non-hydrogen) atoms. The van der Waals surface area contributed by atoms with Crippen molar-refractivity contribution in [3.8, 4) is 11.3 Å². The van der Waals surface area contributed by atoms with Gasteiger partial charge in [0.15, 0.2) is 5.96 Å². The topological polar surface area (TPSA) is 134 Å². The minimum atomic E-state index is -0.278. The van der Waals surface area contributed by atoms with Crippen LogP contribution in [0.3, 0.4) is 0 Å². The number of H-pyrrole nitrogens is 1. The van der Waals surface area contributed by atoms with Gasteiger partial charge in [0.2, 0.25) is 0 Å². The molecular formula is C23H21N7O. The van der Waals surface area contributed by atoms with Crippen molar-refractivity contribution in [2.45, 2.75) is 0 Å². The van der Waals surface area contributed by atoms with Crippen LogP contribution in [0.25, 0.3) is 11.3 Å². The summed E-state index contributed by atoms with van der Waals surface area (Å²) in [7, 11) is 0. The Hall–Kier alpha value is -4.59. The quantitative estimate of drug-likeness (QED) is 0.242. The van der Waals surface area contributed by atoms with Gasteiger partial charge in [-0.25, -0.2) is 4.99 Å². The number of carbonyl (C=O) groups is 1. The Morgan fingerprint density at radius 1 is 0.839 bits per heavy atom. The van der Waals surface area contributed by atoms with Crippen molar-refractivity contribution in [2.75, 3.05) is 10.6 Å². The molecule has 0 bridgehead atoms. The third kappa shape index (κ3) is 5.07. The van der Waals surface area contributed by atoms with Gasteiger partial charge in [0.05, 0.1) is 11.4 Å². The minimum Gasteiger partial charge on any atom is -0.370 e. The van der Waals surface area contributed by atoms with Crippen molar-refractivity contribution < 1.29 is 4.79 Å². The van der Waals surface area contributed by atoms with Crippen LogP contribution in [-0.4, -0.2) is 22.1 Å². The molecule has 0 spiro atoms. The number of guanidine groups is 1. The molecule has 0 radical (unpaired) electrons. The van der Waals surface area contributed by atoms with E-state index >= 15 is 0 Å². The summed E-state index contributed by atoms with van der Waals surface area (Å²) >= 11 is 0. The highest BCUT2D eigenvalue weighted by Crippen LogP contribution is 2.22. The Bertz CT molecular complexity index is 1190. The third-order valence-corrected chi connectivity index (χ3v) is 4.45. The Balaban J connectivity index is 1.40. The number of rotatable bonds is 6. The maximum absolute atomic E-state index is 12.6. The van der Waals surface area contributed by atoms with E-state index in [9.17, 15) is 4.79 Å². The molecule has 1 aromatic heterocycles. The molecule has 0 aliphatic carbocycles. The molecule has 0 aliphatic heterocycles. The molecule has 0 fully saturated rings. The van der Waals surface area contributed by atoms with Crippen LogP contribution in [0.15, 0.2) is 89.9 Å². The number of aromatic amines is 1. The normalized spacial score (nSPS) is 10.3. The molecule has 4 rings (SSSR count). The van der Waals surface area contributed by atoms with Gasteiger partial charge in [0.1, 0.15) is 5.69 Å². The Kier molecular flexibility index (Phi) is 5.62. The fraction of sp³-hybridized carbons (Fsp3) is 0. The van der Waals surface area contributed by atoms with Crippen LogP contribution in [-0.2, 0) is 0 Å². The molecule has 0 saturated heterocycles. The molecule has 1 heterocycles. The van der Waals surface area contributed by atoms with Gasteiger partial charge in [0, 0.05) is 22.6 Å². The van der Waals surface area contributed by atoms with Gasteiger partial charge in [-0.15, -0.1) is 0 Å². The number of carbonyl (C=O) groups excluding carboxylic acids is 1. The van der Waals surface area contributed by atoms with E-state index in [0.29, 0.717) is 22.8 Å². The minimum absolute atomic E-state index is 0.00430. The second kappa shape index (κ2) is 8.83. The van der Waals surface area contributed by atoms with Gasteiger partial charge in [-0.05, 0) is 54.6 Å². The zero-order valence-electron chi connectivity index (χ0n) is 16.5. The number of hydrogen-bond donors (Lipinski definition) is 5. The van der Waals surface area contributed by atoms with Crippen molar-refractivity contribution in [2.24, 2.45) is 16.5 Å². The van der Waals surface area contributed by atoms with Gasteiger partial charge < -0.3 is 22.1 Å². The van der Waals surface area contributed by atoms with Crippen LogP contribution in [0.2, 0.25) is 0 Å². The standard InChI is InChI=1S/C23H21N7O/c24-23(25)28-19-8-6-15(7-9-19)20-14-21(30-29-20)22(31)27-18-12-10-17(11-13-18)26-16-4-2-1-3-5-16/h1-14,26H,(H,27,31)(H,29,30)(H4,24,25,28). The summed E-state index contributed by atoms with van der Waals surface area (Å²) in [5, 5.41) is 13.2. The van der Waals surface area contributed by atoms with Gasteiger partial charge in [-0.3, -0.25) is 9.89 Å². The summed E-state index contributed by atoms with van der Waals surface area (Å²) in [6.45, 7) is 0. The monoisotopic (exact) mass is 411 g/mol. The van der Waals surface area contributed by atoms with E-state index in [1.165, 1.54) is 0 Å². The van der Waals surface area contributed by atoms with E-state index in [2.05, 4.69) is 25.8 Å². The predicted molar refractivity (Wildman–Crippen MR) is 124 cm³/mol. The largest absolute Gasteiger partial charge is 0.370 e. The van der Waals surface area contributed by atoms with Crippen LogP contribution in [0.5, 0.6) is 0 Å². The first-order valence-electron chi connectivity index (χ1n) is 9.56. The molecule has 8 heteroatoms. The summed E-state index contributed by atoms with van der Waals surface area (Å²) in [5.74, 6) is -0.282. The number of anilines is 3. The number of amides is 1. The molecule has 4 aromatic rings. The highest BCUT2D eigenvalue weighted by Gasteiger charge is 2.11. The predicted octanol–water partition coefficient (Wildman–Crippen LogP) is 3.98. The van der Waals surface area contributed by atoms with E-state index in [1.54, 1.807) is 18.2 Å². The maximum atomic E-state index is 12.6. The zero-order chi connectivity index (χ0) is 21.6. The fourth-order valence-electron chi connectivity index (χ4n) is 2.97. The number of benzene rings is 3. The summed E-state index contributed by atoms with van der Waals surface area (Å²) < 4.78 is 0. The Labute approximate surface area is 179 Å². The molecule has 3 aromatic carbocycles. The summed E-state index contributed by atoms with van der Waals surface area (Å²) in [4.78, 5) is 16.5. The first-order chi connectivity index (χ1) is 15.1. The number of nitrogens with zero attached hydrogens (tertiary/aromatic N) is 2. The van der Waals surface area contributed by atoms with Crippen LogP contribution in [0.4, 0.5) is 22.7 Å². The van der Waals surface area contributed by atoms with Crippen molar-refractivity contribution in [1.29, 1.82) is 0 Å². The number of aromatic nitrogens is 2. The highest BCUT2D eigenvalue weighted by molar-refractivity contribution is 6.03. The number of aliphatic imine (C=N–C) groups is 1. The van der Waals surface area contributed by atoms with Gasteiger partial charge in [-0.2, -0.15) is 5.10 Å². The van der Waals surface area contributed by atoms with Gasteiger partial charge in [-0.1, -0.05) is 30.3 Å². The van der Waals surface area contributed by atoms with E-state index in [4.69, 9.17) is 11.5 Å². The first kappa shape index (κ1) is 19.7. The zero-order valence-corrected chi connectivity index (χ0v) is 16.5. The Morgan fingerprint density at radius 3 is 2.16 bits per heavy atom.